The van der Waals surface area contributed by atoms with Crippen LogP contribution in [0.2, 0.25) is 0 Å². The molecule has 0 aromatic heterocycles. The quantitative estimate of drug-likeness (QED) is 0.787. The van der Waals surface area contributed by atoms with Crippen molar-refractivity contribution in [3.8, 4) is 0 Å². The van der Waals surface area contributed by atoms with E-state index in [-0.39, 0.29) is 6.61 Å². The van der Waals surface area contributed by atoms with E-state index < -0.39 is 0 Å². The summed E-state index contributed by atoms with van der Waals surface area (Å²) in [6.45, 7) is 7.36. The summed E-state index contributed by atoms with van der Waals surface area (Å²) in [6, 6.07) is 1.74. The molecule has 2 saturated carbocycles. The van der Waals surface area contributed by atoms with Crippen LogP contribution in [0, 0.1) is 0 Å². The number of likely N-dealkylation sites (N-methyl/N-ethyl adjacent to an activating group) is 1. The Kier molecular flexibility index (Phi) is 11.2. The summed E-state index contributed by atoms with van der Waals surface area (Å²) < 4.78 is 0. The maximum absolute atomic E-state index is 8.46. The first kappa shape index (κ1) is 18.9. The lowest BCUT2D eigenvalue weighted by Gasteiger charge is -2.30. The predicted molar refractivity (Wildman–Crippen MR) is 91.8 cm³/mol. The Hall–Kier alpha value is -0.120. The average molecular weight is 299 g/mol. The van der Waals surface area contributed by atoms with Crippen LogP contribution in [0.25, 0.3) is 0 Å². The third kappa shape index (κ3) is 8.80. The predicted octanol–water partition coefficient (Wildman–Crippen LogP) is 3.56. The zero-order chi connectivity index (χ0) is 15.3. The van der Waals surface area contributed by atoms with Crippen LogP contribution in [0.3, 0.4) is 0 Å². The first-order valence-corrected chi connectivity index (χ1v) is 9.39. The molecular formula is C18H38N2O. The first-order valence-electron chi connectivity index (χ1n) is 9.39. The van der Waals surface area contributed by atoms with Gasteiger partial charge in [-0.25, -0.2) is 0 Å². The van der Waals surface area contributed by atoms with Gasteiger partial charge in [0, 0.05) is 18.6 Å². The Morgan fingerprint density at radius 2 is 1.24 bits per heavy atom. The minimum absolute atomic E-state index is 0.279. The molecule has 2 aliphatic rings. The molecule has 0 unspecified atom stereocenters. The Labute approximate surface area is 132 Å². The van der Waals surface area contributed by atoms with Crippen LogP contribution < -0.4 is 5.32 Å². The second kappa shape index (κ2) is 12.4. The van der Waals surface area contributed by atoms with Gasteiger partial charge in [-0.05, 0) is 38.8 Å². The van der Waals surface area contributed by atoms with Crippen LogP contribution in [0.1, 0.15) is 78.1 Å². The Morgan fingerprint density at radius 3 is 1.52 bits per heavy atom. The number of nitrogens with one attached hydrogen (secondary N) is 1. The van der Waals surface area contributed by atoms with Crippen LogP contribution in [0.4, 0.5) is 0 Å². The van der Waals surface area contributed by atoms with Crippen LogP contribution in [0.5, 0.6) is 0 Å². The molecule has 2 rings (SSSR count). The van der Waals surface area contributed by atoms with E-state index in [0.717, 1.165) is 31.7 Å². The molecule has 3 nitrogen and oxygen atoms in total. The maximum atomic E-state index is 8.46. The molecule has 3 heteroatoms. The van der Waals surface area contributed by atoms with Gasteiger partial charge in [0.25, 0.3) is 0 Å². The van der Waals surface area contributed by atoms with Gasteiger partial charge in [0.15, 0.2) is 0 Å². The third-order valence-corrected chi connectivity index (χ3v) is 4.99. The van der Waals surface area contributed by atoms with E-state index >= 15 is 0 Å². The maximum Gasteiger partial charge on any atom is 0.0558 e. The molecule has 2 fully saturated rings. The first-order chi connectivity index (χ1) is 10.3. The van der Waals surface area contributed by atoms with E-state index in [4.69, 9.17) is 5.11 Å². The van der Waals surface area contributed by atoms with Crippen molar-refractivity contribution >= 4 is 0 Å². The highest BCUT2D eigenvalue weighted by molar-refractivity contribution is 4.79. The molecule has 0 aliphatic heterocycles. The van der Waals surface area contributed by atoms with Crippen molar-refractivity contribution in [2.24, 2.45) is 0 Å². The Bertz CT molecular complexity index is 203. The SMILES string of the molecule is C1CCC(NC2CCCCC2)CC1.CCN(CC)CCO. The molecule has 21 heavy (non-hydrogen) atoms. The van der Waals surface area contributed by atoms with E-state index in [0.29, 0.717) is 0 Å². The fraction of sp³-hybridized carbons (Fsp3) is 1.00. The van der Waals surface area contributed by atoms with Crippen LogP contribution in [-0.2, 0) is 0 Å². The highest BCUT2D eigenvalue weighted by Gasteiger charge is 2.19. The lowest BCUT2D eigenvalue weighted by molar-refractivity contribution is 0.208. The summed E-state index contributed by atoms with van der Waals surface area (Å²) in [4.78, 5) is 2.18. The summed E-state index contributed by atoms with van der Waals surface area (Å²) in [7, 11) is 0. The molecule has 0 radical (unpaired) electrons. The lowest BCUT2D eigenvalue weighted by Crippen LogP contribution is -2.40. The van der Waals surface area contributed by atoms with Crippen LogP contribution in [-0.4, -0.2) is 48.3 Å². The number of hydrogen-bond donors (Lipinski definition) is 2. The standard InChI is InChI=1S/C12H23N.C6H15NO/c1-3-7-11(8-4-1)13-12-9-5-2-6-10-12;1-3-7(4-2)5-6-8/h11-13H,1-10H2;8H,3-6H2,1-2H3. The van der Waals surface area contributed by atoms with Gasteiger partial charge in [-0.2, -0.15) is 0 Å². The lowest BCUT2D eigenvalue weighted by atomic mass is 9.91. The van der Waals surface area contributed by atoms with E-state index in [1.54, 1.807) is 0 Å². The largest absolute Gasteiger partial charge is 0.395 e. The molecule has 0 saturated heterocycles. The normalized spacial score (nSPS) is 21.1. The van der Waals surface area contributed by atoms with Gasteiger partial charge >= 0.3 is 0 Å². The van der Waals surface area contributed by atoms with E-state index in [2.05, 4.69) is 24.1 Å². The number of hydrogen-bond acceptors (Lipinski definition) is 3. The third-order valence-electron chi connectivity index (χ3n) is 4.99. The molecular weight excluding hydrogens is 260 g/mol. The number of rotatable bonds is 6. The second-order valence-electron chi connectivity index (χ2n) is 6.59. The van der Waals surface area contributed by atoms with Gasteiger partial charge in [-0.15, -0.1) is 0 Å². The van der Waals surface area contributed by atoms with Crippen molar-refractivity contribution in [3.05, 3.63) is 0 Å². The van der Waals surface area contributed by atoms with Gasteiger partial charge < -0.3 is 15.3 Å². The molecule has 126 valence electrons. The average Bonchev–Trinajstić information content (AvgIpc) is 2.55. The van der Waals surface area contributed by atoms with Crippen molar-refractivity contribution in [2.45, 2.75) is 90.1 Å². The van der Waals surface area contributed by atoms with Crippen LogP contribution >= 0.6 is 0 Å². The van der Waals surface area contributed by atoms with Crippen LogP contribution in [0.15, 0.2) is 0 Å². The summed E-state index contributed by atoms with van der Waals surface area (Å²) in [6.07, 6.45) is 14.6. The van der Waals surface area contributed by atoms with E-state index in [1.807, 2.05) is 0 Å². The fourth-order valence-corrected chi connectivity index (χ4v) is 3.55. The highest BCUT2D eigenvalue weighted by atomic mass is 16.3. The van der Waals surface area contributed by atoms with Crippen molar-refractivity contribution in [2.75, 3.05) is 26.2 Å². The molecule has 0 atom stereocenters. The number of aliphatic hydroxyl groups excluding tert-OH is 1. The summed E-state index contributed by atoms with van der Waals surface area (Å²) in [5.41, 5.74) is 0. The molecule has 2 N–H and O–H groups in total. The zero-order valence-electron chi connectivity index (χ0n) is 14.4. The highest BCUT2D eigenvalue weighted by Crippen LogP contribution is 2.22. The minimum atomic E-state index is 0.279. The number of nitrogens with zero attached hydrogens (tertiary/aromatic N) is 1. The topological polar surface area (TPSA) is 35.5 Å². The Morgan fingerprint density at radius 1 is 0.810 bits per heavy atom. The Balaban J connectivity index is 0.000000240. The van der Waals surface area contributed by atoms with Gasteiger partial charge in [0.2, 0.25) is 0 Å². The molecule has 0 aromatic rings. The minimum Gasteiger partial charge on any atom is -0.395 e. The van der Waals surface area contributed by atoms with Gasteiger partial charge in [-0.1, -0.05) is 52.4 Å². The van der Waals surface area contributed by atoms with E-state index in [1.165, 1.54) is 64.2 Å². The van der Waals surface area contributed by atoms with Gasteiger partial charge in [-0.3, -0.25) is 0 Å². The zero-order valence-corrected chi connectivity index (χ0v) is 14.4. The van der Waals surface area contributed by atoms with Crippen molar-refractivity contribution in [3.63, 3.8) is 0 Å². The monoisotopic (exact) mass is 298 g/mol. The fourth-order valence-electron chi connectivity index (χ4n) is 3.55. The summed E-state index contributed by atoms with van der Waals surface area (Å²) >= 11 is 0. The number of aliphatic hydroxyl groups is 1. The second-order valence-corrected chi connectivity index (χ2v) is 6.59. The summed E-state index contributed by atoms with van der Waals surface area (Å²) in [5, 5.41) is 12.3. The van der Waals surface area contributed by atoms with Crippen molar-refractivity contribution in [1.29, 1.82) is 0 Å². The smallest absolute Gasteiger partial charge is 0.0558 e. The molecule has 0 aromatic carbocycles. The van der Waals surface area contributed by atoms with Crippen molar-refractivity contribution < 1.29 is 5.11 Å². The van der Waals surface area contributed by atoms with Gasteiger partial charge in [0.1, 0.15) is 0 Å². The molecule has 0 heterocycles. The van der Waals surface area contributed by atoms with Gasteiger partial charge in [0.05, 0.1) is 6.61 Å². The molecule has 2 aliphatic carbocycles. The van der Waals surface area contributed by atoms with E-state index in [9.17, 15) is 0 Å². The molecule has 0 amide bonds. The molecule has 0 bridgehead atoms. The summed E-state index contributed by atoms with van der Waals surface area (Å²) in [5.74, 6) is 0. The van der Waals surface area contributed by atoms with Crippen molar-refractivity contribution in [1.82, 2.24) is 10.2 Å². The molecule has 0 spiro atoms.